The van der Waals surface area contributed by atoms with Gasteiger partial charge in [0.15, 0.2) is 0 Å². The average Bonchev–Trinajstić information content (AvgIpc) is 2.77. The summed E-state index contributed by atoms with van der Waals surface area (Å²) in [4.78, 5) is 10.6. The van der Waals surface area contributed by atoms with Crippen molar-refractivity contribution < 1.29 is 9.90 Å². The van der Waals surface area contributed by atoms with Gasteiger partial charge in [-0.2, -0.15) is 0 Å². The number of carboxylic acids is 1. The Hall–Kier alpha value is -1.31. The molecule has 0 aliphatic carbocycles. The van der Waals surface area contributed by atoms with Crippen LogP contribution >= 0.6 is 35.0 Å². The summed E-state index contributed by atoms with van der Waals surface area (Å²) in [5, 5.41) is 20.9. The SMILES string of the molecule is O=C(O)Cn1nnnc1SCc1ccc(Cl)c(Cl)c1. The number of carboxylic acid groups (broad SMARTS) is 1. The molecule has 9 heteroatoms. The third-order valence-electron chi connectivity index (χ3n) is 2.14. The highest BCUT2D eigenvalue weighted by molar-refractivity contribution is 7.98. The van der Waals surface area contributed by atoms with E-state index in [1.165, 1.54) is 16.4 Å². The summed E-state index contributed by atoms with van der Waals surface area (Å²) in [5.41, 5.74) is 0.948. The number of aliphatic carboxylic acids is 1. The van der Waals surface area contributed by atoms with Gasteiger partial charge < -0.3 is 5.11 Å². The zero-order valence-electron chi connectivity index (χ0n) is 9.45. The Labute approximate surface area is 122 Å². The summed E-state index contributed by atoms with van der Waals surface area (Å²) >= 11 is 13.1. The lowest BCUT2D eigenvalue weighted by Crippen LogP contribution is -2.11. The first-order chi connectivity index (χ1) is 9.06. The Kier molecular flexibility index (Phi) is 4.62. The van der Waals surface area contributed by atoms with Crippen molar-refractivity contribution in [3.63, 3.8) is 0 Å². The highest BCUT2D eigenvalue weighted by Gasteiger charge is 2.10. The monoisotopic (exact) mass is 318 g/mol. The third-order valence-corrected chi connectivity index (χ3v) is 3.90. The molecule has 2 aromatic rings. The molecule has 0 spiro atoms. The van der Waals surface area contributed by atoms with Crippen LogP contribution in [0.5, 0.6) is 0 Å². The van der Waals surface area contributed by atoms with Crippen molar-refractivity contribution in [2.24, 2.45) is 0 Å². The van der Waals surface area contributed by atoms with Crippen LogP contribution in [0.15, 0.2) is 23.4 Å². The van der Waals surface area contributed by atoms with E-state index >= 15 is 0 Å². The summed E-state index contributed by atoms with van der Waals surface area (Å²) in [6.07, 6.45) is 0. The minimum atomic E-state index is -0.997. The fourth-order valence-electron chi connectivity index (χ4n) is 1.30. The van der Waals surface area contributed by atoms with E-state index in [4.69, 9.17) is 28.3 Å². The molecule has 1 heterocycles. The van der Waals surface area contributed by atoms with Crippen LogP contribution in [-0.4, -0.2) is 31.3 Å². The number of halogens is 2. The maximum Gasteiger partial charge on any atom is 0.325 e. The molecule has 0 bridgehead atoms. The molecule has 0 saturated carbocycles. The van der Waals surface area contributed by atoms with E-state index in [2.05, 4.69) is 15.5 Å². The molecule has 2 rings (SSSR count). The van der Waals surface area contributed by atoms with E-state index in [-0.39, 0.29) is 6.54 Å². The highest BCUT2D eigenvalue weighted by atomic mass is 35.5. The van der Waals surface area contributed by atoms with E-state index in [9.17, 15) is 4.79 Å². The zero-order valence-corrected chi connectivity index (χ0v) is 11.8. The molecular formula is C10H8Cl2N4O2S. The molecule has 1 aromatic carbocycles. The second kappa shape index (κ2) is 6.23. The largest absolute Gasteiger partial charge is 0.480 e. The van der Waals surface area contributed by atoms with Crippen molar-refractivity contribution in [1.82, 2.24) is 20.2 Å². The van der Waals surface area contributed by atoms with Crippen molar-refractivity contribution in [1.29, 1.82) is 0 Å². The molecule has 0 radical (unpaired) electrons. The summed E-state index contributed by atoms with van der Waals surface area (Å²) in [6.45, 7) is -0.267. The van der Waals surface area contributed by atoms with Crippen LogP contribution in [-0.2, 0) is 17.1 Å². The predicted molar refractivity (Wildman–Crippen MR) is 71.5 cm³/mol. The Morgan fingerprint density at radius 3 is 2.84 bits per heavy atom. The topological polar surface area (TPSA) is 80.9 Å². The van der Waals surface area contributed by atoms with E-state index in [0.29, 0.717) is 21.0 Å². The molecule has 0 atom stereocenters. The lowest BCUT2D eigenvalue weighted by Gasteiger charge is -2.03. The average molecular weight is 319 g/mol. The Balaban J connectivity index is 2.04. The van der Waals surface area contributed by atoms with Gasteiger partial charge in [0.2, 0.25) is 5.16 Å². The van der Waals surface area contributed by atoms with Gasteiger partial charge in [0.05, 0.1) is 10.0 Å². The second-order valence-corrected chi connectivity index (χ2v) is 5.31. The number of hydrogen-bond donors (Lipinski definition) is 1. The molecule has 0 fully saturated rings. The summed E-state index contributed by atoms with van der Waals surface area (Å²) in [6, 6.07) is 5.30. The molecule has 19 heavy (non-hydrogen) atoms. The zero-order chi connectivity index (χ0) is 13.8. The van der Waals surface area contributed by atoms with Crippen molar-refractivity contribution in [3.05, 3.63) is 33.8 Å². The Morgan fingerprint density at radius 2 is 2.16 bits per heavy atom. The van der Waals surface area contributed by atoms with Crippen LogP contribution in [0.4, 0.5) is 0 Å². The predicted octanol–water partition coefficient (Wildman–Crippen LogP) is 2.36. The number of carbonyl (C=O) groups is 1. The number of thioether (sulfide) groups is 1. The molecule has 0 amide bonds. The van der Waals surface area contributed by atoms with Crippen molar-refractivity contribution in [3.8, 4) is 0 Å². The number of aromatic nitrogens is 4. The van der Waals surface area contributed by atoms with Crippen LogP contribution in [0, 0.1) is 0 Å². The molecule has 0 unspecified atom stereocenters. The first-order valence-corrected chi connectivity index (χ1v) is 6.85. The summed E-state index contributed by atoms with van der Waals surface area (Å²) in [5.74, 6) is -0.430. The molecule has 0 aliphatic rings. The number of benzene rings is 1. The second-order valence-electron chi connectivity index (χ2n) is 3.55. The quantitative estimate of drug-likeness (QED) is 0.852. The number of nitrogens with zero attached hydrogens (tertiary/aromatic N) is 4. The number of rotatable bonds is 5. The molecule has 0 aliphatic heterocycles. The highest BCUT2D eigenvalue weighted by Crippen LogP contribution is 2.26. The minimum absolute atomic E-state index is 0.267. The van der Waals surface area contributed by atoms with Crippen molar-refractivity contribution >= 4 is 40.9 Å². The molecule has 100 valence electrons. The Morgan fingerprint density at radius 1 is 1.37 bits per heavy atom. The van der Waals surface area contributed by atoms with Crippen LogP contribution in [0.2, 0.25) is 10.0 Å². The summed E-state index contributed by atoms with van der Waals surface area (Å²) in [7, 11) is 0. The van der Waals surface area contributed by atoms with Crippen molar-refractivity contribution in [2.75, 3.05) is 0 Å². The van der Waals surface area contributed by atoms with Gasteiger partial charge in [0.1, 0.15) is 6.54 Å². The van der Waals surface area contributed by atoms with E-state index in [1.807, 2.05) is 6.07 Å². The Bertz CT molecular complexity index is 605. The first-order valence-electron chi connectivity index (χ1n) is 5.11. The van der Waals surface area contributed by atoms with Gasteiger partial charge in [-0.15, -0.1) is 5.10 Å². The number of tetrazole rings is 1. The summed E-state index contributed by atoms with van der Waals surface area (Å²) < 4.78 is 1.23. The maximum atomic E-state index is 10.6. The van der Waals surface area contributed by atoms with Gasteiger partial charge in [-0.3, -0.25) is 4.79 Å². The molecule has 1 aromatic heterocycles. The van der Waals surface area contributed by atoms with Gasteiger partial charge in [-0.05, 0) is 28.1 Å². The van der Waals surface area contributed by atoms with Crippen LogP contribution in [0.1, 0.15) is 5.56 Å². The van der Waals surface area contributed by atoms with E-state index in [1.54, 1.807) is 12.1 Å². The van der Waals surface area contributed by atoms with Gasteiger partial charge in [-0.1, -0.05) is 41.0 Å². The normalized spacial score (nSPS) is 10.6. The molecule has 0 saturated heterocycles. The smallest absolute Gasteiger partial charge is 0.325 e. The first kappa shape index (κ1) is 14.1. The van der Waals surface area contributed by atoms with Gasteiger partial charge in [-0.25, -0.2) is 4.68 Å². The van der Waals surface area contributed by atoms with Crippen LogP contribution in [0.25, 0.3) is 0 Å². The standard InChI is InChI=1S/C10H8Cl2N4O2S/c11-7-2-1-6(3-8(7)12)5-19-10-13-14-15-16(10)4-9(17)18/h1-3H,4-5H2,(H,17,18). The van der Waals surface area contributed by atoms with Crippen LogP contribution in [0.3, 0.4) is 0 Å². The molecule has 1 N–H and O–H groups in total. The molecule has 6 nitrogen and oxygen atoms in total. The van der Waals surface area contributed by atoms with Gasteiger partial charge in [0.25, 0.3) is 0 Å². The van der Waals surface area contributed by atoms with Crippen LogP contribution < -0.4 is 0 Å². The van der Waals surface area contributed by atoms with E-state index < -0.39 is 5.97 Å². The minimum Gasteiger partial charge on any atom is -0.480 e. The maximum absolute atomic E-state index is 10.6. The van der Waals surface area contributed by atoms with E-state index in [0.717, 1.165) is 5.56 Å². The lowest BCUT2D eigenvalue weighted by atomic mass is 10.2. The van der Waals surface area contributed by atoms with Crippen molar-refractivity contribution in [2.45, 2.75) is 17.5 Å². The molecular weight excluding hydrogens is 311 g/mol. The fraction of sp³-hybridized carbons (Fsp3) is 0.200. The van der Waals surface area contributed by atoms with Gasteiger partial charge >= 0.3 is 5.97 Å². The number of hydrogen-bond acceptors (Lipinski definition) is 5. The fourth-order valence-corrected chi connectivity index (χ4v) is 2.44. The van der Waals surface area contributed by atoms with Gasteiger partial charge in [0, 0.05) is 5.75 Å². The third kappa shape index (κ3) is 3.82. The lowest BCUT2D eigenvalue weighted by molar-refractivity contribution is -0.138.